The number of nitrogens with one attached hydrogen (secondary N) is 1. The van der Waals surface area contributed by atoms with E-state index in [1.807, 2.05) is 31.2 Å². The number of carboxylic acids is 1. The third-order valence-electron chi connectivity index (χ3n) is 3.20. The summed E-state index contributed by atoms with van der Waals surface area (Å²) in [6.07, 6.45) is 1.62. The standard InChI is InChI=1S/C15H21NO3/c1-11-5-3-4-6-13(11)7-8-14(17)16-10-9-12(2)15(18)19/h3-6,12H,7-10H2,1-2H3,(H,16,17)(H,18,19). The summed E-state index contributed by atoms with van der Waals surface area (Å²) < 4.78 is 0. The van der Waals surface area contributed by atoms with Crippen molar-refractivity contribution in [1.29, 1.82) is 0 Å². The normalized spacial score (nSPS) is 11.9. The summed E-state index contributed by atoms with van der Waals surface area (Å²) in [5.41, 5.74) is 2.37. The molecular weight excluding hydrogens is 242 g/mol. The number of amides is 1. The molecule has 1 aromatic carbocycles. The van der Waals surface area contributed by atoms with Crippen molar-refractivity contribution in [3.63, 3.8) is 0 Å². The molecule has 4 nitrogen and oxygen atoms in total. The van der Waals surface area contributed by atoms with Crippen molar-refractivity contribution < 1.29 is 14.7 Å². The minimum atomic E-state index is -0.825. The minimum absolute atomic E-state index is 0.0270. The fraction of sp³-hybridized carbons (Fsp3) is 0.467. The van der Waals surface area contributed by atoms with E-state index in [0.29, 0.717) is 25.8 Å². The molecule has 19 heavy (non-hydrogen) atoms. The van der Waals surface area contributed by atoms with Crippen LogP contribution < -0.4 is 5.32 Å². The van der Waals surface area contributed by atoms with Crippen LogP contribution in [0.15, 0.2) is 24.3 Å². The molecule has 2 N–H and O–H groups in total. The van der Waals surface area contributed by atoms with Crippen molar-refractivity contribution in [1.82, 2.24) is 5.32 Å². The van der Waals surface area contributed by atoms with Gasteiger partial charge in [-0.15, -0.1) is 0 Å². The molecule has 0 aliphatic rings. The summed E-state index contributed by atoms with van der Waals surface area (Å²) in [5.74, 6) is -1.27. The lowest BCUT2D eigenvalue weighted by Crippen LogP contribution is -2.27. The van der Waals surface area contributed by atoms with E-state index in [4.69, 9.17) is 5.11 Å². The van der Waals surface area contributed by atoms with E-state index >= 15 is 0 Å². The van der Waals surface area contributed by atoms with E-state index in [1.165, 1.54) is 11.1 Å². The Morgan fingerprint density at radius 1 is 1.32 bits per heavy atom. The van der Waals surface area contributed by atoms with E-state index in [-0.39, 0.29) is 5.91 Å². The number of aryl methyl sites for hydroxylation is 2. The number of carbonyl (C=O) groups is 2. The van der Waals surface area contributed by atoms with Crippen LogP contribution >= 0.6 is 0 Å². The number of carboxylic acid groups (broad SMARTS) is 1. The first kappa shape index (κ1) is 15.2. The van der Waals surface area contributed by atoms with Gasteiger partial charge in [-0.2, -0.15) is 0 Å². The van der Waals surface area contributed by atoms with Gasteiger partial charge in [-0.1, -0.05) is 31.2 Å². The molecule has 1 atom stereocenters. The minimum Gasteiger partial charge on any atom is -0.481 e. The summed E-state index contributed by atoms with van der Waals surface area (Å²) in [6, 6.07) is 8.00. The van der Waals surface area contributed by atoms with E-state index < -0.39 is 11.9 Å². The first-order chi connectivity index (χ1) is 9.00. The number of benzene rings is 1. The van der Waals surface area contributed by atoms with Crippen molar-refractivity contribution in [2.75, 3.05) is 6.54 Å². The molecule has 1 amide bonds. The highest BCUT2D eigenvalue weighted by Gasteiger charge is 2.10. The predicted molar refractivity (Wildman–Crippen MR) is 73.9 cm³/mol. The molecule has 0 radical (unpaired) electrons. The van der Waals surface area contributed by atoms with Crippen LogP contribution in [-0.2, 0) is 16.0 Å². The molecular formula is C15H21NO3. The maximum absolute atomic E-state index is 11.6. The molecule has 0 spiro atoms. The fourth-order valence-corrected chi connectivity index (χ4v) is 1.78. The Hall–Kier alpha value is -1.84. The lowest BCUT2D eigenvalue weighted by molar-refractivity contribution is -0.141. The van der Waals surface area contributed by atoms with Gasteiger partial charge in [-0.3, -0.25) is 9.59 Å². The molecule has 0 aromatic heterocycles. The van der Waals surface area contributed by atoms with Crippen molar-refractivity contribution in [2.45, 2.75) is 33.1 Å². The molecule has 0 fully saturated rings. The quantitative estimate of drug-likeness (QED) is 0.792. The second kappa shape index (κ2) is 7.56. The van der Waals surface area contributed by atoms with Gasteiger partial charge in [0.15, 0.2) is 0 Å². The number of hydrogen-bond donors (Lipinski definition) is 2. The Kier molecular flexibility index (Phi) is 6.06. The Morgan fingerprint density at radius 2 is 2.00 bits per heavy atom. The van der Waals surface area contributed by atoms with Gasteiger partial charge >= 0.3 is 5.97 Å². The molecule has 4 heteroatoms. The Labute approximate surface area is 113 Å². The number of carbonyl (C=O) groups excluding carboxylic acids is 1. The van der Waals surface area contributed by atoms with Gasteiger partial charge in [0.1, 0.15) is 0 Å². The van der Waals surface area contributed by atoms with E-state index in [1.54, 1.807) is 6.92 Å². The highest BCUT2D eigenvalue weighted by Crippen LogP contribution is 2.09. The van der Waals surface area contributed by atoms with Crippen molar-refractivity contribution in [3.8, 4) is 0 Å². The molecule has 1 aromatic rings. The van der Waals surface area contributed by atoms with Gasteiger partial charge in [0.25, 0.3) is 0 Å². The lowest BCUT2D eigenvalue weighted by atomic mass is 10.0. The van der Waals surface area contributed by atoms with Crippen molar-refractivity contribution >= 4 is 11.9 Å². The highest BCUT2D eigenvalue weighted by atomic mass is 16.4. The molecule has 104 valence electrons. The first-order valence-electron chi connectivity index (χ1n) is 6.54. The molecule has 1 unspecified atom stereocenters. The fourth-order valence-electron chi connectivity index (χ4n) is 1.78. The number of rotatable bonds is 7. The van der Waals surface area contributed by atoms with Crippen LogP contribution in [0.25, 0.3) is 0 Å². The van der Waals surface area contributed by atoms with Crippen molar-refractivity contribution in [3.05, 3.63) is 35.4 Å². The van der Waals surface area contributed by atoms with Crippen LogP contribution in [0, 0.1) is 12.8 Å². The van der Waals surface area contributed by atoms with Gasteiger partial charge < -0.3 is 10.4 Å². The van der Waals surface area contributed by atoms with Crippen LogP contribution in [-0.4, -0.2) is 23.5 Å². The summed E-state index contributed by atoms with van der Waals surface area (Å²) in [7, 11) is 0. The van der Waals surface area contributed by atoms with Gasteiger partial charge in [0.05, 0.1) is 5.92 Å². The summed E-state index contributed by atoms with van der Waals surface area (Å²) in [6.45, 7) is 4.09. The summed E-state index contributed by atoms with van der Waals surface area (Å²) in [4.78, 5) is 22.2. The van der Waals surface area contributed by atoms with Crippen LogP contribution in [0.5, 0.6) is 0 Å². The van der Waals surface area contributed by atoms with E-state index in [2.05, 4.69) is 5.32 Å². The SMILES string of the molecule is Cc1ccccc1CCC(=O)NCCC(C)C(=O)O. The Balaban J connectivity index is 2.25. The maximum Gasteiger partial charge on any atom is 0.306 e. The predicted octanol–water partition coefficient (Wildman–Crippen LogP) is 2.15. The average molecular weight is 263 g/mol. The van der Waals surface area contributed by atoms with E-state index in [9.17, 15) is 9.59 Å². The molecule has 0 aliphatic heterocycles. The maximum atomic E-state index is 11.6. The summed E-state index contributed by atoms with van der Waals surface area (Å²) >= 11 is 0. The summed E-state index contributed by atoms with van der Waals surface area (Å²) in [5, 5.41) is 11.5. The zero-order valence-electron chi connectivity index (χ0n) is 11.5. The van der Waals surface area contributed by atoms with Crippen molar-refractivity contribution in [2.24, 2.45) is 5.92 Å². The Bertz CT molecular complexity index is 443. The average Bonchev–Trinajstić information content (AvgIpc) is 2.37. The number of aliphatic carboxylic acids is 1. The van der Waals surface area contributed by atoms with Crippen LogP contribution in [0.4, 0.5) is 0 Å². The lowest BCUT2D eigenvalue weighted by Gasteiger charge is -2.08. The third kappa shape index (κ3) is 5.55. The highest BCUT2D eigenvalue weighted by molar-refractivity contribution is 5.76. The van der Waals surface area contributed by atoms with Crippen LogP contribution in [0.2, 0.25) is 0 Å². The topological polar surface area (TPSA) is 66.4 Å². The van der Waals surface area contributed by atoms with Gasteiger partial charge in [0.2, 0.25) is 5.91 Å². The monoisotopic (exact) mass is 263 g/mol. The zero-order valence-corrected chi connectivity index (χ0v) is 11.5. The molecule has 0 bridgehead atoms. The van der Waals surface area contributed by atoms with Gasteiger partial charge in [-0.25, -0.2) is 0 Å². The van der Waals surface area contributed by atoms with Crippen LogP contribution in [0.3, 0.4) is 0 Å². The molecule has 0 saturated heterocycles. The first-order valence-corrected chi connectivity index (χ1v) is 6.54. The second-order valence-corrected chi connectivity index (χ2v) is 4.80. The Morgan fingerprint density at radius 3 is 2.63 bits per heavy atom. The second-order valence-electron chi connectivity index (χ2n) is 4.80. The van der Waals surface area contributed by atoms with Gasteiger partial charge in [-0.05, 0) is 30.9 Å². The number of hydrogen-bond acceptors (Lipinski definition) is 2. The van der Waals surface area contributed by atoms with E-state index in [0.717, 1.165) is 0 Å². The molecule has 1 rings (SSSR count). The zero-order chi connectivity index (χ0) is 14.3. The van der Waals surface area contributed by atoms with Gasteiger partial charge in [0, 0.05) is 13.0 Å². The third-order valence-corrected chi connectivity index (χ3v) is 3.20. The molecule has 0 heterocycles. The molecule has 0 aliphatic carbocycles. The van der Waals surface area contributed by atoms with Crippen LogP contribution in [0.1, 0.15) is 30.9 Å². The smallest absolute Gasteiger partial charge is 0.306 e. The molecule has 0 saturated carbocycles. The largest absolute Gasteiger partial charge is 0.481 e.